The molecule has 1 aromatic carbocycles. The van der Waals surface area contributed by atoms with Crippen molar-refractivity contribution >= 4 is 21.9 Å². The lowest BCUT2D eigenvalue weighted by Crippen LogP contribution is -2.36. The van der Waals surface area contributed by atoms with Crippen molar-refractivity contribution in [2.24, 2.45) is 4.99 Å². The van der Waals surface area contributed by atoms with Gasteiger partial charge < -0.3 is 15.1 Å². The highest BCUT2D eigenvalue weighted by molar-refractivity contribution is 9.10. The molecule has 0 saturated heterocycles. The molecular weight excluding hydrogens is 387 g/mol. The van der Waals surface area contributed by atoms with E-state index in [0.717, 1.165) is 5.76 Å². The summed E-state index contributed by atoms with van der Waals surface area (Å²) < 4.78 is 20.3. The van der Waals surface area contributed by atoms with Gasteiger partial charge in [-0.05, 0) is 19.1 Å². The van der Waals surface area contributed by atoms with Crippen LogP contribution in [0.15, 0.2) is 38.3 Å². The third kappa shape index (κ3) is 5.85. The number of halogens is 2. The molecule has 0 aliphatic rings. The summed E-state index contributed by atoms with van der Waals surface area (Å²) in [7, 11) is 0. The number of guanidine groups is 1. The fourth-order valence-corrected chi connectivity index (χ4v) is 2.39. The zero-order valence-corrected chi connectivity index (χ0v) is 16.6. The third-order valence-corrected chi connectivity index (χ3v) is 3.96. The highest BCUT2D eigenvalue weighted by atomic mass is 79.9. The van der Waals surface area contributed by atoms with Gasteiger partial charge >= 0.3 is 0 Å². The van der Waals surface area contributed by atoms with Gasteiger partial charge in [0.15, 0.2) is 5.96 Å². The normalized spacial score (nSPS) is 12.3. The quantitative estimate of drug-likeness (QED) is 0.574. The third-order valence-electron chi connectivity index (χ3n) is 3.47. The van der Waals surface area contributed by atoms with Gasteiger partial charge in [0.2, 0.25) is 5.89 Å². The Morgan fingerprint density at radius 3 is 2.68 bits per heavy atom. The van der Waals surface area contributed by atoms with E-state index in [1.54, 1.807) is 18.3 Å². The van der Waals surface area contributed by atoms with E-state index >= 15 is 0 Å². The minimum atomic E-state index is -0.281. The van der Waals surface area contributed by atoms with Crippen molar-refractivity contribution in [2.75, 3.05) is 6.54 Å². The van der Waals surface area contributed by atoms with Crippen LogP contribution >= 0.6 is 15.9 Å². The zero-order chi connectivity index (χ0) is 18.4. The number of aliphatic imine (C=N–C) groups is 1. The summed E-state index contributed by atoms with van der Waals surface area (Å²) in [5.41, 5.74) is 0.453. The summed E-state index contributed by atoms with van der Waals surface area (Å²) in [4.78, 5) is 8.69. The summed E-state index contributed by atoms with van der Waals surface area (Å²) in [6.45, 7) is 9.54. The molecule has 0 radical (unpaired) electrons. The van der Waals surface area contributed by atoms with Crippen LogP contribution in [0.1, 0.15) is 44.9 Å². The molecule has 0 fully saturated rings. The SMILES string of the molecule is CCNC(=NCc1ccc(Br)cc1F)NCc1ncc(C(C)(C)C)o1. The summed E-state index contributed by atoms with van der Waals surface area (Å²) in [5.74, 6) is 1.73. The molecule has 2 rings (SSSR count). The average Bonchev–Trinajstić information content (AvgIpc) is 3.00. The largest absolute Gasteiger partial charge is 0.443 e. The Labute approximate surface area is 156 Å². The molecule has 0 amide bonds. The molecule has 136 valence electrons. The molecule has 2 aromatic rings. The minimum absolute atomic E-state index is 0.0804. The lowest BCUT2D eigenvalue weighted by atomic mass is 9.94. The lowest BCUT2D eigenvalue weighted by molar-refractivity contribution is 0.379. The number of hydrogen-bond donors (Lipinski definition) is 2. The van der Waals surface area contributed by atoms with Crippen molar-refractivity contribution in [2.45, 2.75) is 46.2 Å². The molecular formula is C18H24BrFN4O. The number of oxazole rings is 1. The van der Waals surface area contributed by atoms with Crippen molar-refractivity contribution in [3.05, 3.63) is 51.9 Å². The minimum Gasteiger partial charge on any atom is -0.443 e. The van der Waals surface area contributed by atoms with Crippen LogP contribution in [0.4, 0.5) is 4.39 Å². The first-order valence-corrected chi connectivity index (χ1v) is 9.00. The van der Waals surface area contributed by atoms with Crippen LogP contribution in [0, 0.1) is 5.82 Å². The zero-order valence-electron chi connectivity index (χ0n) is 15.0. The molecule has 5 nitrogen and oxygen atoms in total. The van der Waals surface area contributed by atoms with E-state index in [1.807, 2.05) is 6.92 Å². The fourth-order valence-electron chi connectivity index (χ4n) is 2.05. The number of nitrogens with zero attached hydrogens (tertiary/aromatic N) is 2. The maximum atomic E-state index is 13.9. The number of aromatic nitrogens is 1. The van der Waals surface area contributed by atoms with E-state index in [2.05, 4.69) is 57.3 Å². The highest BCUT2D eigenvalue weighted by Gasteiger charge is 2.19. The van der Waals surface area contributed by atoms with Crippen molar-refractivity contribution < 1.29 is 8.81 Å². The molecule has 1 heterocycles. The number of hydrogen-bond acceptors (Lipinski definition) is 3. The van der Waals surface area contributed by atoms with Gasteiger partial charge in [0.05, 0.1) is 19.3 Å². The molecule has 0 bridgehead atoms. The van der Waals surface area contributed by atoms with E-state index in [-0.39, 0.29) is 17.8 Å². The van der Waals surface area contributed by atoms with Crippen molar-refractivity contribution in [3.8, 4) is 0 Å². The Morgan fingerprint density at radius 1 is 1.32 bits per heavy atom. The van der Waals surface area contributed by atoms with Crippen LogP contribution in [-0.2, 0) is 18.5 Å². The van der Waals surface area contributed by atoms with Crippen LogP contribution in [-0.4, -0.2) is 17.5 Å². The van der Waals surface area contributed by atoms with Gasteiger partial charge in [-0.25, -0.2) is 14.4 Å². The standard InChI is InChI=1S/C18H24BrFN4O/c1-5-21-17(23-9-12-6-7-13(19)8-14(12)20)24-11-16-22-10-15(25-16)18(2,3)4/h6-8,10H,5,9,11H2,1-4H3,(H2,21,23,24). The van der Waals surface area contributed by atoms with Crippen LogP contribution < -0.4 is 10.6 Å². The molecule has 0 unspecified atom stereocenters. The molecule has 0 spiro atoms. The van der Waals surface area contributed by atoms with Crippen molar-refractivity contribution in [1.29, 1.82) is 0 Å². The molecule has 0 aliphatic heterocycles. The lowest BCUT2D eigenvalue weighted by Gasteiger charge is -2.13. The second-order valence-electron chi connectivity index (χ2n) is 6.65. The molecule has 25 heavy (non-hydrogen) atoms. The highest BCUT2D eigenvalue weighted by Crippen LogP contribution is 2.22. The van der Waals surface area contributed by atoms with Gasteiger partial charge in [-0.1, -0.05) is 42.8 Å². The first-order valence-electron chi connectivity index (χ1n) is 8.21. The van der Waals surface area contributed by atoms with Crippen molar-refractivity contribution in [1.82, 2.24) is 15.6 Å². The molecule has 1 aromatic heterocycles. The van der Waals surface area contributed by atoms with Gasteiger partial charge in [0.25, 0.3) is 0 Å². The fraction of sp³-hybridized carbons (Fsp3) is 0.444. The predicted molar refractivity (Wildman–Crippen MR) is 101 cm³/mol. The number of benzene rings is 1. The van der Waals surface area contributed by atoms with Gasteiger partial charge in [0, 0.05) is 22.0 Å². The van der Waals surface area contributed by atoms with Crippen LogP contribution in [0.5, 0.6) is 0 Å². The molecule has 0 aliphatic carbocycles. The Morgan fingerprint density at radius 2 is 2.08 bits per heavy atom. The molecule has 0 saturated carbocycles. The van der Waals surface area contributed by atoms with Crippen LogP contribution in [0.25, 0.3) is 0 Å². The number of nitrogens with one attached hydrogen (secondary N) is 2. The first kappa shape index (κ1) is 19.4. The van der Waals surface area contributed by atoms with E-state index in [9.17, 15) is 4.39 Å². The second kappa shape index (κ2) is 8.47. The summed E-state index contributed by atoms with van der Waals surface area (Å²) >= 11 is 3.25. The van der Waals surface area contributed by atoms with Gasteiger partial charge in [-0.15, -0.1) is 0 Å². The monoisotopic (exact) mass is 410 g/mol. The Hall–Kier alpha value is -1.89. The number of rotatable bonds is 5. The summed E-state index contributed by atoms with van der Waals surface area (Å²) in [5, 5.41) is 6.28. The Bertz CT molecular complexity index is 737. The topological polar surface area (TPSA) is 62.5 Å². The van der Waals surface area contributed by atoms with E-state index in [0.29, 0.717) is 35.0 Å². The Kier molecular flexibility index (Phi) is 6.58. The molecule has 2 N–H and O–H groups in total. The first-order chi connectivity index (χ1) is 11.8. The van der Waals surface area contributed by atoms with Gasteiger partial charge in [0.1, 0.15) is 11.6 Å². The average molecular weight is 411 g/mol. The summed E-state index contributed by atoms with van der Waals surface area (Å²) in [6.07, 6.45) is 1.75. The summed E-state index contributed by atoms with van der Waals surface area (Å²) in [6, 6.07) is 4.96. The maximum absolute atomic E-state index is 13.9. The smallest absolute Gasteiger partial charge is 0.213 e. The molecule has 7 heteroatoms. The molecule has 0 atom stereocenters. The van der Waals surface area contributed by atoms with Crippen molar-refractivity contribution in [3.63, 3.8) is 0 Å². The van der Waals surface area contributed by atoms with E-state index in [4.69, 9.17) is 4.42 Å². The van der Waals surface area contributed by atoms with Gasteiger partial charge in [-0.3, -0.25) is 0 Å². The Balaban J connectivity index is 2.01. The van der Waals surface area contributed by atoms with E-state index < -0.39 is 0 Å². The predicted octanol–water partition coefficient (Wildman–Crippen LogP) is 4.13. The van der Waals surface area contributed by atoms with E-state index in [1.165, 1.54) is 6.07 Å². The van der Waals surface area contributed by atoms with Gasteiger partial charge in [-0.2, -0.15) is 0 Å². The second-order valence-corrected chi connectivity index (χ2v) is 7.57. The van der Waals surface area contributed by atoms with Crippen LogP contribution in [0.2, 0.25) is 0 Å². The van der Waals surface area contributed by atoms with Crippen LogP contribution in [0.3, 0.4) is 0 Å². The maximum Gasteiger partial charge on any atom is 0.213 e.